The highest BCUT2D eigenvalue weighted by Crippen LogP contribution is 2.40. The molecule has 1 amide bonds. The molecule has 0 unspecified atom stereocenters. The minimum absolute atomic E-state index is 0.254. The van der Waals surface area contributed by atoms with Gasteiger partial charge >= 0.3 is 0 Å². The number of hydrogen-bond donors (Lipinski definition) is 1. The number of amides is 1. The highest BCUT2D eigenvalue weighted by molar-refractivity contribution is 6.03. The Bertz CT molecular complexity index is 1030. The molecule has 1 aliphatic heterocycles. The van der Waals surface area contributed by atoms with Crippen molar-refractivity contribution in [3.63, 3.8) is 0 Å². The zero-order valence-electron chi connectivity index (χ0n) is 15.9. The van der Waals surface area contributed by atoms with Crippen molar-refractivity contribution in [2.45, 2.75) is 57.9 Å². The lowest BCUT2D eigenvalue weighted by Crippen LogP contribution is -2.13. The van der Waals surface area contributed by atoms with Crippen molar-refractivity contribution in [3.05, 3.63) is 47.1 Å². The van der Waals surface area contributed by atoms with Gasteiger partial charge in [0, 0.05) is 36.2 Å². The van der Waals surface area contributed by atoms with Gasteiger partial charge in [0.1, 0.15) is 11.6 Å². The third-order valence-corrected chi connectivity index (χ3v) is 5.59. The Morgan fingerprint density at radius 2 is 2.07 bits per heavy atom. The van der Waals surface area contributed by atoms with E-state index in [9.17, 15) is 4.79 Å². The molecule has 0 bridgehead atoms. The average Bonchev–Trinajstić information content (AvgIpc) is 3.37. The summed E-state index contributed by atoms with van der Waals surface area (Å²) >= 11 is 0. The van der Waals surface area contributed by atoms with E-state index in [0.717, 1.165) is 72.9 Å². The SMILES string of the molecule is Cc1ccc(-c2nnc3n2CCCCC3)cc1NC(=O)c1cc(C2CC2)on1. The van der Waals surface area contributed by atoms with E-state index < -0.39 is 0 Å². The predicted molar refractivity (Wildman–Crippen MR) is 104 cm³/mol. The van der Waals surface area contributed by atoms with Gasteiger partial charge in [0.2, 0.25) is 0 Å². The number of aromatic nitrogens is 4. The summed E-state index contributed by atoms with van der Waals surface area (Å²) in [5.41, 5.74) is 3.02. The minimum Gasteiger partial charge on any atom is -0.360 e. The highest BCUT2D eigenvalue weighted by Gasteiger charge is 2.29. The van der Waals surface area contributed by atoms with Gasteiger partial charge in [-0.05, 0) is 44.2 Å². The van der Waals surface area contributed by atoms with Crippen molar-refractivity contribution in [2.75, 3.05) is 5.32 Å². The zero-order valence-corrected chi connectivity index (χ0v) is 15.9. The number of rotatable bonds is 4. The second-order valence-electron chi connectivity index (χ2n) is 7.77. The Balaban J connectivity index is 1.41. The van der Waals surface area contributed by atoms with Crippen molar-refractivity contribution in [2.24, 2.45) is 0 Å². The van der Waals surface area contributed by atoms with Crippen molar-refractivity contribution >= 4 is 11.6 Å². The van der Waals surface area contributed by atoms with Crippen LogP contribution in [0, 0.1) is 6.92 Å². The van der Waals surface area contributed by atoms with E-state index in [2.05, 4.69) is 25.2 Å². The highest BCUT2D eigenvalue weighted by atomic mass is 16.5. The Hall–Kier alpha value is -2.96. The van der Waals surface area contributed by atoms with E-state index in [1.165, 1.54) is 6.42 Å². The quantitative estimate of drug-likeness (QED) is 0.740. The van der Waals surface area contributed by atoms with Gasteiger partial charge in [0.15, 0.2) is 11.5 Å². The molecule has 1 aliphatic carbocycles. The third-order valence-electron chi connectivity index (χ3n) is 5.59. The molecule has 0 saturated heterocycles. The molecule has 0 spiro atoms. The number of benzene rings is 1. The Labute approximate surface area is 163 Å². The van der Waals surface area contributed by atoms with Gasteiger partial charge in [-0.2, -0.15) is 0 Å². The van der Waals surface area contributed by atoms with Crippen LogP contribution in [0.4, 0.5) is 5.69 Å². The summed E-state index contributed by atoms with van der Waals surface area (Å²) in [6.45, 7) is 2.91. The summed E-state index contributed by atoms with van der Waals surface area (Å²) in [6, 6.07) is 7.76. The van der Waals surface area contributed by atoms with Gasteiger partial charge in [-0.25, -0.2) is 0 Å². The number of carbonyl (C=O) groups excluding carboxylic acids is 1. The molecule has 1 fully saturated rings. The maximum Gasteiger partial charge on any atom is 0.277 e. The number of aryl methyl sites for hydroxylation is 2. The lowest BCUT2D eigenvalue weighted by Gasteiger charge is -2.11. The van der Waals surface area contributed by atoms with Crippen LogP contribution >= 0.6 is 0 Å². The summed E-state index contributed by atoms with van der Waals surface area (Å²) in [4.78, 5) is 12.6. The van der Waals surface area contributed by atoms with Crippen molar-refractivity contribution in [3.8, 4) is 11.4 Å². The summed E-state index contributed by atoms with van der Waals surface area (Å²) in [5, 5.41) is 15.7. The largest absolute Gasteiger partial charge is 0.360 e. The zero-order chi connectivity index (χ0) is 19.1. The van der Waals surface area contributed by atoms with Crippen LogP contribution in [0.3, 0.4) is 0 Å². The van der Waals surface area contributed by atoms with Gasteiger partial charge in [0.25, 0.3) is 5.91 Å². The molecule has 1 aromatic carbocycles. The van der Waals surface area contributed by atoms with Crippen LogP contribution in [0.15, 0.2) is 28.8 Å². The fourth-order valence-electron chi connectivity index (χ4n) is 3.74. The molecule has 1 saturated carbocycles. The van der Waals surface area contributed by atoms with Gasteiger partial charge in [-0.15, -0.1) is 10.2 Å². The van der Waals surface area contributed by atoms with Crippen LogP contribution in [0.5, 0.6) is 0 Å². The fraction of sp³-hybridized carbons (Fsp3) is 0.429. The van der Waals surface area contributed by atoms with Crippen LogP contribution in [0.25, 0.3) is 11.4 Å². The monoisotopic (exact) mass is 377 g/mol. The maximum atomic E-state index is 12.6. The van der Waals surface area contributed by atoms with Crippen molar-refractivity contribution < 1.29 is 9.32 Å². The Morgan fingerprint density at radius 3 is 2.93 bits per heavy atom. The number of nitrogens with one attached hydrogen (secondary N) is 1. The molecule has 2 aromatic heterocycles. The molecular formula is C21H23N5O2. The van der Waals surface area contributed by atoms with Gasteiger partial charge in [-0.1, -0.05) is 23.7 Å². The van der Waals surface area contributed by atoms with Crippen LogP contribution < -0.4 is 5.32 Å². The molecule has 1 N–H and O–H groups in total. The van der Waals surface area contributed by atoms with E-state index in [1.54, 1.807) is 6.07 Å². The smallest absolute Gasteiger partial charge is 0.277 e. The third kappa shape index (κ3) is 3.21. The first kappa shape index (κ1) is 17.2. The lowest BCUT2D eigenvalue weighted by atomic mass is 10.1. The van der Waals surface area contributed by atoms with Crippen molar-refractivity contribution in [1.82, 2.24) is 19.9 Å². The number of nitrogens with zero attached hydrogens (tertiary/aromatic N) is 4. The Morgan fingerprint density at radius 1 is 1.18 bits per heavy atom. The molecule has 7 heteroatoms. The van der Waals surface area contributed by atoms with Crippen LogP contribution in [0.2, 0.25) is 0 Å². The van der Waals surface area contributed by atoms with E-state index >= 15 is 0 Å². The molecule has 7 nitrogen and oxygen atoms in total. The van der Waals surface area contributed by atoms with Gasteiger partial charge in [0.05, 0.1) is 0 Å². The van der Waals surface area contributed by atoms with E-state index in [1.807, 2.05) is 25.1 Å². The maximum absolute atomic E-state index is 12.6. The standard InChI is InChI=1S/C21H23N5O2/c1-13-6-7-15(20-24-23-19-5-3-2-4-10-26(19)20)11-16(13)22-21(27)17-12-18(28-25-17)14-8-9-14/h6-7,11-12,14H,2-5,8-10H2,1H3,(H,22,27). The first-order valence-corrected chi connectivity index (χ1v) is 10.00. The summed E-state index contributed by atoms with van der Waals surface area (Å²) < 4.78 is 7.51. The number of hydrogen-bond acceptors (Lipinski definition) is 5. The summed E-state index contributed by atoms with van der Waals surface area (Å²) in [5.74, 6) is 2.90. The molecule has 2 aliphatic rings. The average molecular weight is 377 g/mol. The summed E-state index contributed by atoms with van der Waals surface area (Å²) in [6.07, 6.45) is 6.72. The number of anilines is 1. The number of fused-ring (bicyclic) bond motifs is 1. The summed E-state index contributed by atoms with van der Waals surface area (Å²) in [7, 11) is 0. The first-order valence-electron chi connectivity index (χ1n) is 10.00. The molecule has 3 heterocycles. The van der Waals surface area contributed by atoms with E-state index in [-0.39, 0.29) is 5.91 Å². The van der Waals surface area contributed by atoms with Gasteiger partial charge in [-0.3, -0.25) is 4.79 Å². The minimum atomic E-state index is -0.254. The predicted octanol–water partition coefficient (Wildman–Crippen LogP) is 4.10. The molecule has 0 radical (unpaired) electrons. The van der Waals surface area contributed by atoms with Crippen LogP contribution in [0.1, 0.15) is 65.7 Å². The second-order valence-corrected chi connectivity index (χ2v) is 7.77. The fourth-order valence-corrected chi connectivity index (χ4v) is 3.74. The van der Waals surface area contributed by atoms with Crippen LogP contribution in [-0.2, 0) is 13.0 Å². The molecule has 28 heavy (non-hydrogen) atoms. The topological polar surface area (TPSA) is 85.8 Å². The molecule has 5 rings (SSSR count). The van der Waals surface area contributed by atoms with E-state index in [4.69, 9.17) is 4.52 Å². The normalized spacial score (nSPS) is 16.5. The van der Waals surface area contributed by atoms with Crippen molar-refractivity contribution in [1.29, 1.82) is 0 Å². The van der Waals surface area contributed by atoms with Gasteiger partial charge < -0.3 is 14.4 Å². The molecule has 3 aromatic rings. The lowest BCUT2D eigenvalue weighted by molar-refractivity contribution is 0.101. The Kier molecular flexibility index (Phi) is 4.22. The molecule has 144 valence electrons. The number of carbonyl (C=O) groups is 1. The van der Waals surface area contributed by atoms with Crippen LogP contribution in [-0.4, -0.2) is 25.8 Å². The molecular weight excluding hydrogens is 354 g/mol. The molecule has 0 atom stereocenters. The van der Waals surface area contributed by atoms with E-state index in [0.29, 0.717) is 11.6 Å². The first-order chi connectivity index (χ1) is 13.7. The second kappa shape index (κ2) is 6.89.